The molecule has 3 nitrogen and oxygen atoms in total. The molecule has 0 saturated carbocycles. The van der Waals surface area contributed by atoms with Gasteiger partial charge in [0.05, 0.1) is 0 Å². The lowest BCUT2D eigenvalue weighted by Gasteiger charge is -2.18. The number of rotatable bonds is 4. The standard InChI is InChI=1S/C14H18N2O/c1-16(11-13-6-8-15-9-7-13)14(17)10-12-4-2-3-5-12/h2,4,6-9,12H,3,5,10-11H2,1H3/t12-/m1/s1. The first-order valence-electron chi connectivity index (χ1n) is 6.05. The minimum absolute atomic E-state index is 0.221. The number of allylic oxidation sites excluding steroid dienone is 2. The van der Waals surface area contributed by atoms with E-state index in [9.17, 15) is 4.79 Å². The van der Waals surface area contributed by atoms with E-state index in [2.05, 4.69) is 17.1 Å². The Hall–Kier alpha value is -1.64. The molecule has 1 aliphatic carbocycles. The fraction of sp³-hybridized carbons (Fsp3) is 0.429. The molecule has 1 atom stereocenters. The molecule has 0 N–H and O–H groups in total. The monoisotopic (exact) mass is 230 g/mol. The lowest BCUT2D eigenvalue weighted by atomic mass is 10.0. The van der Waals surface area contributed by atoms with Gasteiger partial charge in [0.2, 0.25) is 5.91 Å². The fourth-order valence-electron chi connectivity index (χ4n) is 2.10. The van der Waals surface area contributed by atoms with Crippen LogP contribution in [-0.4, -0.2) is 22.8 Å². The normalized spacial score (nSPS) is 18.3. The van der Waals surface area contributed by atoms with Gasteiger partial charge in [-0.25, -0.2) is 0 Å². The first kappa shape index (κ1) is 11.8. The molecule has 1 aromatic heterocycles. The van der Waals surface area contributed by atoms with Crippen molar-refractivity contribution in [1.29, 1.82) is 0 Å². The van der Waals surface area contributed by atoms with Crippen molar-refractivity contribution in [2.75, 3.05) is 7.05 Å². The summed E-state index contributed by atoms with van der Waals surface area (Å²) in [6.07, 6.45) is 10.7. The summed E-state index contributed by atoms with van der Waals surface area (Å²) in [5.74, 6) is 0.667. The molecule has 3 heteroatoms. The summed E-state index contributed by atoms with van der Waals surface area (Å²) >= 11 is 0. The second-order valence-electron chi connectivity index (χ2n) is 4.57. The summed E-state index contributed by atoms with van der Waals surface area (Å²) in [5.41, 5.74) is 1.12. The summed E-state index contributed by atoms with van der Waals surface area (Å²) in [6, 6.07) is 3.89. The van der Waals surface area contributed by atoms with Crippen molar-refractivity contribution in [1.82, 2.24) is 9.88 Å². The zero-order valence-corrected chi connectivity index (χ0v) is 10.2. The molecule has 1 aromatic rings. The predicted molar refractivity (Wildman–Crippen MR) is 67.2 cm³/mol. The third-order valence-corrected chi connectivity index (χ3v) is 3.14. The van der Waals surface area contributed by atoms with Crippen LogP contribution in [0.2, 0.25) is 0 Å². The summed E-state index contributed by atoms with van der Waals surface area (Å²) in [5, 5.41) is 0. The van der Waals surface area contributed by atoms with Crippen LogP contribution in [0.5, 0.6) is 0 Å². The van der Waals surface area contributed by atoms with Crippen LogP contribution in [0.15, 0.2) is 36.7 Å². The molecule has 0 spiro atoms. The second kappa shape index (κ2) is 5.62. The minimum Gasteiger partial charge on any atom is -0.341 e. The van der Waals surface area contributed by atoms with Gasteiger partial charge < -0.3 is 4.90 Å². The Morgan fingerprint density at radius 3 is 2.88 bits per heavy atom. The largest absolute Gasteiger partial charge is 0.341 e. The van der Waals surface area contributed by atoms with Crippen LogP contribution in [0.4, 0.5) is 0 Å². The van der Waals surface area contributed by atoms with Crippen LogP contribution in [-0.2, 0) is 11.3 Å². The smallest absolute Gasteiger partial charge is 0.223 e. The number of pyridine rings is 1. The first-order valence-corrected chi connectivity index (χ1v) is 6.05. The molecule has 1 amide bonds. The van der Waals surface area contributed by atoms with Gasteiger partial charge >= 0.3 is 0 Å². The maximum absolute atomic E-state index is 12.0. The molecular weight excluding hydrogens is 212 g/mol. The van der Waals surface area contributed by atoms with E-state index in [-0.39, 0.29) is 5.91 Å². The molecule has 0 bridgehead atoms. The highest BCUT2D eigenvalue weighted by Gasteiger charge is 2.16. The third-order valence-electron chi connectivity index (χ3n) is 3.14. The molecule has 0 aromatic carbocycles. The average molecular weight is 230 g/mol. The van der Waals surface area contributed by atoms with Crippen LogP contribution in [0.1, 0.15) is 24.8 Å². The number of aromatic nitrogens is 1. The minimum atomic E-state index is 0.221. The van der Waals surface area contributed by atoms with Gasteiger partial charge in [-0.3, -0.25) is 9.78 Å². The van der Waals surface area contributed by atoms with E-state index in [0.29, 0.717) is 18.9 Å². The van der Waals surface area contributed by atoms with Gasteiger partial charge in [0.15, 0.2) is 0 Å². The van der Waals surface area contributed by atoms with Gasteiger partial charge in [0.1, 0.15) is 0 Å². The second-order valence-corrected chi connectivity index (χ2v) is 4.57. The van der Waals surface area contributed by atoms with Crippen molar-refractivity contribution in [3.8, 4) is 0 Å². The fourth-order valence-corrected chi connectivity index (χ4v) is 2.10. The quantitative estimate of drug-likeness (QED) is 0.744. The van der Waals surface area contributed by atoms with Gasteiger partial charge in [-0.2, -0.15) is 0 Å². The third kappa shape index (κ3) is 3.41. The van der Waals surface area contributed by atoms with Crippen LogP contribution >= 0.6 is 0 Å². The number of amides is 1. The maximum Gasteiger partial charge on any atom is 0.223 e. The summed E-state index contributed by atoms with van der Waals surface area (Å²) < 4.78 is 0. The van der Waals surface area contributed by atoms with Gasteiger partial charge in [0.25, 0.3) is 0 Å². The van der Waals surface area contributed by atoms with Crippen LogP contribution in [0, 0.1) is 5.92 Å². The van der Waals surface area contributed by atoms with E-state index >= 15 is 0 Å². The zero-order chi connectivity index (χ0) is 12.1. The van der Waals surface area contributed by atoms with E-state index in [1.807, 2.05) is 19.2 Å². The molecule has 90 valence electrons. The van der Waals surface area contributed by atoms with Crippen LogP contribution in [0.25, 0.3) is 0 Å². The van der Waals surface area contributed by atoms with E-state index in [1.54, 1.807) is 17.3 Å². The summed E-state index contributed by atoms with van der Waals surface area (Å²) in [4.78, 5) is 17.7. The number of carbonyl (C=O) groups excluding carboxylic acids is 1. The van der Waals surface area contributed by atoms with E-state index in [0.717, 1.165) is 18.4 Å². The Labute approximate surface area is 102 Å². The molecule has 0 fully saturated rings. The van der Waals surface area contributed by atoms with Crippen molar-refractivity contribution in [3.05, 3.63) is 42.2 Å². The lowest BCUT2D eigenvalue weighted by Crippen LogP contribution is -2.27. The van der Waals surface area contributed by atoms with Gasteiger partial charge in [-0.15, -0.1) is 0 Å². The van der Waals surface area contributed by atoms with E-state index in [1.165, 1.54) is 0 Å². The molecule has 0 aliphatic heterocycles. The summed E-state index contributed by atoms with van der Waals surface area (Å²) in [7, 11) is 1.86. The van der Waals surface area contributed by atoms with Gasteiger partial charge in [0, 0.05) is 32.4 Å². The zero-order valence-electron chi connectivity index (χ0n) is 10.2. The SMILES string of the molecule is CN(Cc1ccncc1)C(=O)C[C@@H]1C=CCC1. The van der Waals surface area contributed by atoms with E-state index < -0.39 is 0 Å². The Bertz CT molecular complexity index is 400. The molecule has 2 rings (SSSR count). The number of carbonyl (C=O) groups is 1. The number of nitrogens with zero attached hydrogens (tertiary/aromatic N) is 2. The van der Waals surface area contributed by atoms with Gasteiger partial charge in [-0.05, 0) is 36.5 Å². The van der Waals surface area contributed by atoms with Crippen molar-refractivity contribution in [2.45, 2.75) is 25.8 Å². The number of hydrogen-bond acceptors (Lipinski definition) is 2. The molecule has 17 heavy (non-hydrogen) atoms. The van der Waals surface area contributed by atoms with Crippen molar-refractivity contribution in [2.24, 2.45) is 5.92 Å². The highest BCUT2D eigenvalue weighted by atomic mass is 16.2. The van der Waals surface area contributed by atoms with Crippen LogP contribution in [0.3, 0.4) is 0 Å². The Morgan fingerprint density at radius 1 is 1.47 bits per heavy atom. The molecular formula is C14H18N2O. The topological polar surface area (TPSA) is 33.2 Å². The van der Waals surface area contributed by atoms with Crippen molar-refractivity contribution in [3.63, 3.8) is 0 Å². The van der Waals surface area contributed by atoms with Crippen molar-refractivity contribution < 1.29 is 4.79 Å². The van der Waals surface area contributed by atoms with E-state index in [4.69, 9.17) is 0 Å². The Balaban J connectivity index is 1.85. The number of hydrogen-bond donors (Lipinski definition) is 0. The first-order chi connectivity index (χ1) is 8.25. The maximum atomic E-state index is 12.0. The molecule has 0 saturated heterocycles. The van der Waals surface area contributed by atoms with Crippen LogP contribution < -0.4 is 0 Å². The lowest BCUT2D eigenvalue weighted by molar-refractivity contribution is -0.131. The highest BCUT2D eigenvalue weighted by Crippen LogP contribution is 2.21. The average Bonchev–Trinajstić information content (AvgIpc) is 2.83. The van der Waals surface area contributed by atoms with Crippen molar-refractivity contribution >= 4 is 5.91 Å². The molecule has 0 radical (unpaired) electrons. The molecule has 1 heterocycles. The molecule has 0 unspecified atom stereocenters. The Kier molecular flexibility index (Phi) is 3.91. The predicted octanol–water partition coefficient (Wildman–Crippen LogP) is 2.40. The van der Waals surface area contributed by atoms with Gasteiger partial charge in [-0.1, -0.05) is 12.2 Å². The molecule has 1 aliphatic rings. The Morgan fingerprint density at radius 2 is 2.24 bits per heavy atom. The summed E-state index contributed by atoms with van der Waals surface area (Å²) in [6.45, 7) is 0.664. The highest BCUT2D eigenvalue weighted by molar-refractivity contribution is 5.76.